The number of aromatic amines is 1. The first kappa shape index (κ1) is 15.6. The molecule has 0 saturated heterocycles. The fourth-order valence-electron chi connectivity index (χ4n) is 2.49. The predicted molar refractivity (Wildman–Crippen MR) is 90.3 cm³/mol. The zero-order valence-electron chi connectivity index (χ0n) is 13.2. The van der Waals surface area contributed by atoms with Gasteiger partial charge in [-0.25, -0.2) is 0 Å². The maximum Gasteiger partial charge on any atom is 0.318 e. The summed E-state index contributed by atoms with van der Waals surface area (Å²) in [5.41, 5.74) is 2.07. The van der Waals surface area contributed by atoms with Crippen LogP contribution >= 0.6 is 11.8 Å². The summed E-state index contributed by atoms with van der Waals surface area (Å²) in [6.07, 6.45) is 1.94. The molecule has 0 saturated carbocycles. The van der Waals surface area contributed by atoms with Crippen LogP contribution in [0.15, 0.2) is 35.6 Å². The molecular weight excluding hydrogens is 312 g/mol. The first-order valence-electron chi connectivity index (χ1n) is 7.39. The maximum atomic E-state index is 11.6. The number of nitrogens with zero attached hydrogens (tertiary/aromatic N) is 3. The minimum Gasteiger partial charge on any atom is -0.468 e. The number of fused-ring (bicyclic) bond motifs is 1. The lowest BCUT2D eigenvalue weighted by atomic mass is 10.1. The van der Waals surface area contributed by atoms with Crippen molar-refractivity contribution in [1.29, 1.82) is 0 Å². The van der Waals surface area contributed by atoms with E-state index < -0.39 is 0 Å². The van der Waals surface area contributed by atoms with Gasteiger partial charge in [0, 0.05) is 29.2 Å². The molecule has 2 heterocycles. The molecule has 0 aliphatic carbocycles. The summed E-state index contributed by atoms with van der Waals surface area (Å²) in [4.78, 5) is 14.9. The van der Waals surface area contributed by atoms with Gasteiger partial charge in [-0.1, -0.05) is 30.0 Å². The molecule has 0 radical (unpaired) electrons. The number of aromatic nitrogens is 4. The van der Waals surface area contributed by atoms with E-state index in [0.717, 1.165) is 28.8 Å². The second kappa shape index (κ2) is 6.45. The summed E-state index contributed by atoms with van der Waals surface area (Å²) in [5.74, 6) is 0.527. The van der Waals surface area contributed by atoms with Gasteiger partial charge >= 0.3 is 5.97 Å². The third-order valence-electron chi connectivity index (χ3n) is 3.68. The SMILES string of the molecule is CCn1c(S[C@@H](C)C(=O)OC)nnc1-c1c[nH]c2ccccc12. The number of H-pyrrole nitrogens is 1. The standard InChI is InChI=1S/C16H18N4O2S/c1-4-20-14(12-9-17-13-8-6-5-7-11(12)13)18-19-16(20)23-10(2)15(21)22-3/h5-10,17H,4H2,1-3H3/t10-/m0/s1. The van der Waals surface area contributed by atoms with E-state index in [1.165, 1.54) is 18.9 Å². The molecule has 0 amide bonds. The second-order valence-electron chi connectivity index (χ2n) is 5.08. The number of hydrogen-bond donors (Lipinski definition) is 1. The number of methoxy groups -OCH3 is 1. The summed E-state index contributed by atoms with van der Waals surface area (Å²) in [5, 5.41) is 10.1. The molecule has 2 aromatic heterocycles. The molecule has 1 aromatic carbocycles. The van der Waals surface area contributed by atoms with E-state index in [1.54, 1.807) is 6.92 Å². The fraction of sp³-hybridized carbons (Fsp3) is 0.312. The van der Waals surface area contributed by atoms with Crippen LogP contribution < -0.4 is 0 Å². The van der Waals surface area contributed by atoms with Crippen molar-refractivity contribution < 1.29 is 9.53 Å². The van der Waals surface area contributed by atoms with Gasteiger partial charge in [-0.15, -0.1) is 10.2 Å². The molecule has 23 heavy (non-hydrogen) atoms. The normalized spacial score (nSPS) is 12.5. The van der Waals surface area contributed by atoms with Gasteiger partial charge in [0.25, 0.3) is 0 Å². The third kappa shape index (κ3) is 2.84. The van der Waals surface area contributed by atoms with E-state index in [0.29, 0.717) is 5.16 Å². The fourth-order valence-corrected chi connectivity index (χ4v) is 3.43. The number of ether oxygens (including phenoxy) is 1. The Bertz CT molecular complexity index is 840. The Hall–Kier alpha value is -2.28. The number of nitrogens with one attached hydrogen (secondary N) is 1. The molecule has 0 unspecified atom stereocenters. The summed E-state index contributed by atoms with van der Waals surface area (Å²) < 4.78 is 6.79. The van der Waals surface area contributed by atoms with Crippen molar-refractivity contribution in [1.82, 2.24) is 19.7 Å². The first-order valence-corrected chi connectivity index (χ1v) is 8.27. The molecule has 0 bridgehead atoms. The van der Waals surface area contributed by atoms with Crippen LogP contribution in [0.25, 0.3) is 22.3 Å². The van der Waals surface area contributed by atoms with Crippen molar-refractivity contribution in [3.8, 4) is 11.4 Å². The molecule has 0 spiro atoms. The van der Waals surface area contributed by atoms with Gasteiger partial charge in [0.05, 0.1) is 7.11 Å². The molecule has 0 aliphatic rings. The predicted octanol–water partition coefficient (Wildman–Crippen LogP) is 3.10. The number of hydrogen-bond acceptors (Lipinski definition) is 5. The van der Waals surface area contributed by atoms with Crippen molar-refractivity contribution >= 4 is 28.6 Å². The summed E-state index contributed by atoms with van der Waals surface area (Å²) in [6.45, 7) is 4.56. The molecule has 3 aromatic rings. The number of para-hydroxylation sites is 1. The molecule has 7 heteroatoms. The highest BCUT2D eigenvalue weighted by Gasteiger charge is 2.21. The lowest BCUT2D eigenvalue weighted by Crippen LogP contribution is -2.15. The highest BCUT2D eigenvalue weighted by Crippen LogP contribution is 2.31. The molecular formula is C16H18N4O2S. The van der Waals surface area contributed by atoms with Crippen LogP contribution in [0, 0.1) is 0 Å². The van der Waals surface area contributed by atoms with Crippen LogP contribution in [0.2, 0.25) is 0 Å². The van der Waals surface area contributed by atoms with E-state index >= 15 is 0 Å². The lowest BCUT2D eigenvalue weighted by molar-refractivity contribution is -0.139. The maximum absolute atomic E-state index is 11.6. The van der Waals surface area contributed by atoms with Crippen molar-refractivity contribution in [2.45, 2.75) is 30.8 Å². The Morgan fingerprint density at radius 2 is 2.17 bits per heavy atom. The molecule has 120 valence electrons. The van der Waals surface area contributed by atoms with Gasteiger partial charge in [0.1, 0.15) is 5.25 Å². The first-order chi connectivity index (χ1) is 11.2. The minimum atomic E-state index is -0.328. The zero-order valence-corrected chi connectivity index (χ0v) is 14.1. The summed E-state index contributed by atoms with van der Waals surface area (Å²) >= 11 is 1.36. The van der Waals surface area contributed by atoms with Crippen LogP contribution in [0.4, 0.5) is 0 Å². The molecule has 6 nitrogen and oxygen atoms in total. The second-order valence-corrected chi connectivity index (χ2v) is 6.39. The Kier molecular flexibility index (Phi) is 4.38. The van der Waals surface area contributed by atoms with E-state index in [-0.39, 0.29) is 11.2 Å². The van der Waals surface area contributed by atoms with Crippen molar-refractivity contribution in [3.05, 3.63) is 30.5 Å². The van der Waals surface area contributed by atoms with Crippen LogP contribution in [0.3, 0.4) is 0 Å². The van der Waals surface area contributed by atoms with Gasteiger partial charge < -0.3 is 14.3 Å². The van der Waals surface area contributed by atoms with E-state index in [4.69, 9.17) is 4.74 Å². The quantitative estimate of drug-likeness (QED) is 0.575. The highest BCUT2D eigenvalue weighted by atomic mass is 32.2. The molecule has 3 rings (SSSR count). The van der Waals surface area contributed by atoms with Crippen LogP contribution in [-0.2, 0) is 16.1 Å². The smallest absolute Gasteiger partial charge is 0.318 e. The van der Waals surface area contributed by atoms with Crippen molar-refractivity contribution in [2.24, 2.45) is 0 Å². The number of rotatable bonds is 5. The van der Waals surface area contributed by atoms with Crippen LogP contribution in [0.5, 0.6) is 0 Å². The monoisotopic (exact) mass is 330 g/mol. The lowest BCUT2D eigenvalue weighted by Gasteiger charge is -2.10. The number of thioether (sulfide) groups is 1. The average Bonchev–Trinajstić information content (AvgIpc) is 3.17. The Morgan fingerprint density at radius 3 is 2.91 bits per heavy atom. The molecule has 1 atom stereocenters. The van der Waals surface area contributed by atoms with Gasteiger partial charge in [-0.2, -0.15) is 0 Å². The topological polar surface area (TPSA) is 72.8 Å². The zero-order chi connectivity index (χ0) is 16.4. The Labute approximate surface area is 138 Å². The van der Waals surface area contributed by atoms with Gasteiger partial charge in [0.15, 0.2) is 11.0 Å². The van der Waals surface area contributed by atoms with Crippen LogP contribution in [-0.4, -0.2) is 38.1 Å². The molecule has 0 aliphatic heterocycles. The number of carbonyl (C=O) groups is 1. The Morgan fingerprint density at radius 1 is 1.39 bits per heavy atom. The summed E-state index contributed by atoms with van der Waals surface area (Å²) in [7, 11) is 1.39. The van der Waals surface area contributed by atoms with E-state index in [2.05, 4.69) is 21.2 Å². The third-order valence-corrected chi connectivity index (χ3v) is 4.74. The minimum absolute atomic E-state index is 0.269. The van der Waals surface area contributed by atoms with E-state index in [9.17, 15) is 4.79 Å². The number of esters is 1. The summed E-state index contributed by atoms with van der Waals surface area (Å²) in [6, 6.07) is 8.08. The van der Waals surface area contributed by atoms with Crippen molar-refractivity contribution in [2.75, 3.05) is 7.11 Å². The van der Waals surface area contributed by atoms with E-state index in [1.807, 2.05) is 35.9 Å². The highest BCUT2D eigenvalue weighted by molar-refractivity contribution is 8.00. The van der Waals surface area contributed by atoms with Crippen molar-refractivity contribution in [3.63, 3.8) is 0 Å². The Balaban J connectivity index is 2.00. The van der Waals surface area contributed by atoms with Gasteiger partial charge in [-0.05, 0) is 19.9 Å². The van der Waals surface area contributed by atoms with Gasteiger partial charge in [-0.3, -0.25) is 4.79 Å². The van der Waals surface area contributed by atoms with Gasteiger partial charge in [0.2, 0.25) is 0 Å². The largest absolute Gasteiger partial charge is 0.468 e. The number of carbonyl (C=O) groups excluding carboxylic acids is 1. The molecule has 1 N–H and O–H groups in total. The van der Waals surface area contributed by atoms with Crippen LogP contribution in [0.1, 0.15) is 13.8 Å². The number of benzene rings is 1. The average molecular weight is 330 g/mol. The molecule has 0 fully saturated rings.